The zero-order valence-electron chi connectivity index (χ0n) is 19.0. The average molecular weight is 503 g/mol. The Labute approximate surface area is 202 Å². The molecule has 11 heteroatoms. The summed E-state index contributed by atoms with van der Waals surface area (Å²) in [6.45, 7) is 2.37. The molecule has 1 amide bonds. The Bertz CT molecular complexity index is 1300. The van der Waals surface area contributed by atoms with Crippen LogP contribution < -0.4 is 10.1 Å². The smallest absolute Gasteiger partial charge is 0.244 e. The van der Waals surface area contributed by atoms with E-state index < -0.39 is 10.0 Å². The maximum Gasteiger partial charge on any atom is 0.244 e. The average Bonchev–Trinajstić information content (AvgIpc) is 3.43. The predicted octanol–water partition coefficient (Wildman–Crippen LogP) is 4.03. The van der Waals surface area contributed by atoms with Crippen molar-refractivity contribution in [2.45, 2.75) is 43.4 Å². The fraction of sp³-hybridized carbons (Fsp3) is 0.435. The Morgan fingerprint density at radius 3 is 2.68 bits per heavy atom. The fourth-order valence-corrected chi connectivity index (χ4v) is 7.06. The third-order valence-corrected chi connectivity index (χ3v) is 9.44. The van der Waals surface area contributed by atoms with Crippen LogP contribution in [0.1, 0.15) is 42.4 Å². The lowest BCUT2D eigenvalue weighted by Crippen LogP contribution is -2.41. The molecule has 180 valence electrons. The first-order valence-corrected chi connectivity index (χ1v) is 13.5. The van der Waals surface area contributed by atoms with Crippen LogP contribution in [-0.4, -0.2) is 49.0 Å². The third kappa shape index (κ3) is 4.59. The number of benzene rings is 1. The van der Waals surface area contributed by atoms with E-state index in [0.717, 1.165) is 12.8 Å². The molecule has 0 radical (unpaired) electrons. The van der Waals surface area contributed by atoms with Gasteiger partial charge in [-0.3, -0.25) is 4.79 Å². The van der Waals surface area contributed by atoms with Crippen LogP contribution in [0.15, 0.2) is 39.8 Å². The standard InChI is InChI=1S/C23H26N4O5S2/c1-14-20(13-19(33-14)21-25-23(32-26-21)16-6-7-16)34(29,30)27-10-8-15(9-11-27)22(28)24-17-4-3-5-18(12-17)31-2/h3-5,12-13,15-16H,6-11H2,1-2H3,(H,24,28). The van der Waals surface area contributed by atoms with Crippen LogP contribution in [-0.2, 0) is 14.8 Å². The van der Waals surface area contributed by atoms with Crippen LogP contribution in [0.2, 0.25) is 0 Å². The number of ether oxygens (including phenoxy) is 1. The van der Waals surface area contributed by atoms with Crippen LogP contribution in [0.25, 0.3) is 10.7 Å². The highest BCUT2D eigenvalue weighted by Gasteiger charge is 2.35. The van der Waals surface area contributed by atoms with Crippen molar-refractivity contribution in [2.24, 2.45) is 5.92 Å². The first-order valence-electron chi connectivity index (χ1n) is 11.2. The summed E-state index contributed by atoms with van der Waals surface area (Å²) in [5, 5.41) is 6.94. The van der Waals surface area contributed by atoms with Gasteiger partial charge in [-0.2, -0.15) is 9.29 Å². The molecule has 0 spiro atoms. The number of carbonyl (C=O) groups is 1. The molecule has 1 saturated carbocycles. The quantitative estimate of drug-likeness (QED) is 0.519. The number of carbonyl (C=O) groups excluding carboxylic acids is 1. The number of anilines is 1. The molecule has 0 atom stereocenters. The Balaban J connectivity index is 1.24. The van der Waals surface area contributed by atoms with Crippen LogP contribution in [0.3, 0.4) is 0 Å². The van der Waals surface area contributed by atoms with Gasteiger partial charge in [-0.25, -0.2) is 8.42 Å². The van der Waals surface area contributed by atoms with E-state index in [1.54, 1.807) is 32.2 Å². The van der Waals surface area contributed by atoms with E-state index in [-0.39, 0.29) is 29.8 Å². The predicted molar refractivity (Wildman–Crippen MR) is 127 cm³/mol. The van der Waals surface area contributed by atoms with E-state index >= 15 is 0 Å². The summed E-state index contributed by atoms with van der Waals surface area (Å²) in [6, 6.07) is 8.81. The number of nitrogens with one attached hydrogen (secondary N) is 1. The van der Waals surface area contributed by atoms with E-state index in [1.807, 2.05) is 12.1 Å². The maximum absolute atomic E-state index is 13.4. The molecule has 0 unspecified atom stereocenters. The second-order valence-electron chi connectivity index (χ2n) is 8.66. The van der Waals surface area contributed by atoms with Gasteiger partial charge in [0.15, 0.2) is 0 Å². The molecule has 1 aliphatic heterocycles. The largest absolute Gasteiger partial charge is 0.497 e. The molecule has 1 saturated heterocycles. The molecule has 9 nitrogen and oxygen atoms in total. The van der Waals surface area contributed by atoms with E-state index in [0.29, 0.717) is 51.7 Å². The molecule has 0 bridgehead atoms. The first-order chi connectivity index (χ1) is 16.3. The Kier molecular flexibility index (Phi) is 6.17. The minimum absolute atomic E-state index is 0.108. The van der Waals surface area contributed by atoms with Gasteiger partial charge in [-0.1, -0.05) is 11.2 Å². The van der Waals surface area contributed by atoms with Gasteiger partial charge in [0, 0.05) is 41.6 Å². The topological polar surface area (TPSA) is 115 Å². The maximum atomic E-state index is 13.4. The number of aromatic nitrogens is 2. The van der Waals surface area contributed by atoms with Crippen molar-refractivity contribution < 1.29 is 22.5 Å². The van der Waals surface area contributed by atoms with Crippen LogP contribution in [0.4, 0.5) is 5.69 Å². The molecular weight excluding hydrogens is 476 g/mol. The molecule has 5 rings (SSSR count). The Hall–Kier alpha value is -2.76. The van der Waals surface area contributed by atoms with E-state index in [1.165, 1.54) is 15.6 Å². The Morgan fingerprint density at radius 1 is 1.21 bits per heavy atom. The number of sulfonamides is 1. The van der Waals surface area contributed by atoms with Crippen molar-refractivity contribution in [3.63, 3.8) is 0 Å². The molecule has 34 heavy (non-hydrogen) atoms. The van der Waals surface area contributed by atoms with E-state index in [4.69, 9.17) is 9.26 Å². The summed E-state index contributed by atoms with van der Waals surface area (Å²) < 4.78 is 38.7. The van der Waals surface area contributed by atoms with Gasteiger partial charge in [0.1, 0.15) is 5.75 Å². The molecule has 2 fully saturated rings. The van der Waals surface area contributed by atoms with E-state index in [2.05, 4.69) is 15.5 Å². The number of hydrogen-bond donors (Lipinski definition) is 1. The third-order valence-electron chi connectivity index (χ3n) is 6.24. The molecule has 1 aromatic carbocycles. The van der Waals surface area contributed by atoms with Crippen LogP contribution in [0, 0.1) is 12.8 Å². The molecule has 2 aliphatic rings. The minimum Gasteiger partial charge on any atom is -0.497 e. The summed E-state index contributed by atoms with van der Waals surface area (Å²) in [5.41, 5.74) is 0.659. The van der Waals surface area contributed by atoms with Crippen molar-refractivity contribution in [1.29, 1.82) is 0 Å². The Morgan fingerprint density at radius 2 is 1.97 bits per heavy atom. The lowest BCUT2D eigenvalue weighted by molar-refractivity contribution is -0.120. The highest BCUT2D eigenvalue weighted by Crippen LogP contribution is 2.41. The lowest BCUT2D eigenvalue weighted by atomic mass is 9.97. The minimum atomic E-state index is -3.68. The molecule has 2 aromatic heterocycles. The van der Waals surface area contributed by atoms with Gasteiger partial charge < -0.3 is 14.6 Å². The monoisotopic (exact) mass is 502 g/mol. The number of nitrogens with zero attached hydrogens (tertiary/aromatic N) is 3. The van der Waals surface area contributed by atoms with Gasteiger partial charge in [0.25, 0.3) is 0 Å². The van der Waals surface area contributed by atoms with Crippen molar-refractivity contribution in [3.8, 4) is 16.5 Å². The number of amides is 1. The van der Waals surface area contributed by atoms with Crippen molar-refractivity contribution in [1.82, 2.24) is 14.4 Å². The molecule has 1 aliphatic carbocycles. The second kappa shape index (κ2) is 9.12. The SMILES string of the molecule is COc1cccc(NC(=O)C2CCN(S(=O)(=O)c3cc(-c4noc(C5CC5)n4)sc3C)CC2)c1. The van der Waals surface area contributed by atoms with E-state index in [9.17, 15) is 13.2 Å². The van der Waals surface area contributed by atoms with Crippen molar-refractivity contribution >= 4 is 33.0 Å². The van der Waals surface area contributed by atoms with Crippen LogP contribution in [0.5, 0.6) is 5.75 Å². The highest BCUT2D eigenvalue weighted by atomic mass is 32.2. The van der Waals surface area contributed by atoms with Gasteiger partial charge in [0.2, 0.25) is 27.6 Å². The molecule has 3 heterocycles. The highest BCUT2D eigenvalue weighted by molar-refractivity contribution is 7.89. The number of rotatable bonds is 7. The number of hydrogen-bond acceptors (Lipinski definition) is 8. The summed E-state index contributed by atoms with van der Waals surface area (Å²) in [6.07, 6.45) is 3.03. The first kappa shape index (κ1) is 23.0. The lowest BCUT2D eigenvalue weighted by Gasteiger charge is -2.30. The molecular formula is C23H26N4O5S2. The second-order valence-corrected chi connectivity index (χ2v) is 11.8. The number of piperidine rings is 1. The van der Waals surface area contributed by atoms with Gasteiger partial charge >= 0.3 is 0 Å². The summed E-state index contributed by atoms with van der Waals surface area (Å²) in [4.78, 5) is 18.8. The fourth-order valence-electron chi connectivity index (χ4n) is 4.11. The van der Waals surface area contributed by atoms with Crippen molar-refractivity contribution in [2.75, 3.05) is 25.5 Å². The number of methoxy groups -OCH3 is 1. The van der Waals surface area contributed by atoms with Gasteiger partial charge in [-0.05, 0) is 50.8 Å². The summed E-state index contributed by atoms with van der Waals surface area (Å²) in [5.74, 6) is 1.70. The van der Waals surface area contributed by atoms with Gasteiger partial charge in [0.05, 0.1) is 16.9 Å². The summed E-state index contributed by atoms with van der Waals surface area (Å²) >= 11 is 1.35. The zero-order chi connectivity index (χ0) is 23.9. The number of thiophene rings is 1. The van der Waals surface area contributed by atoms with Gasteiger partial charge in [-0.15, -0.1) is 11.3 Å². The number of aryl methyl sites for hydroxylation is 1. The normalized spacial score (nSPS) is 17.6. The summed E-state index contributed by atoms with van der Waals surface area (Å²) in [7, 11) is -2.11. The molecule has 1 N–H and O–H groups in total. The van der Waals surface area contributed by atoms with Crippen molar-refractivity contribution in [3.05, 3.63) is 41.1 Å². The molecule has 3 aromatic rings. The zero-order valence-corrected chi connectivity index (χ0v) is 20.6. The van der Waals surface area contributed by atoms with Crippen LogP contribution >= 0.6 is 11.3 Å².